The normalized spacial score (nSPS) is 18.7. The Morgan fingerprint density at radius 2 is 2.05 bits per heavy atom. The van der Waals surface area contributed by atoms with Crippen molar-refractivity contribution in [2.75, 3.05) is 17.7 Å². The molecule has 2 rings (SSSR count). The molecule has 0 saturated heterocycles. The molecule has 1 aliphatic carbocycles. The van der Waals surface area contributed by atoms with Gasteiger partial charge in [0.15, 0.2) is 5.16 Å². The fourth-order valence-corrected chi connectivity index (χ4v) is 3.43. The maximum atomic E-state index is 10.6. The number of carboxylic acid groups (broad SMARTS) is 1. The first-order chi connectivity index (χ1) is 9.80. The van der Waals surface area contributed by atoms with Gasteiger partial charge in [-0.2, -0.15) is 0 Å². The highest BCUT2D eigenvalue weighted by Crippen LogP contribution is 2.37. The minimum absolute atomic E-state index is 0.00725. The molecule has 0 bridgehead atoms. The van der Waals surface area contributed by atoms with Gasteiger partial charge >= 0.3 is 5.97 Å². The van der Waals surface area contributed by atoms with Crippen LogP contribution in [0, 0.1) is 5.41 Å². The molecule has 7 heteroatoms. The minimum Gasteiger partial charge on any atom is -0.481 e. The van der Waals surface area contributed by atoms with Gasteiger partial charge in [0.2, 0.25) is 5.95 Å². The topological polar surface area (TPSA) is 71.2 Å². The van der Waals surface area contributed by atoms with Gasteiger partial charge in [0.1, 0.15) is 0 Å². The molecule has 0 spiro atoms. The lowest BCUT2D eigenvalue weighted by molar-refractivity contribution is -0.133. The van der Waals surface area contributed by atoms with Crippen LogP contribution in [0.5, 0.6) is 0 Å². The van der Waals surface area contributed by atoms with E-state index >= 15 is 0 Å². The molecule has 1 heterocycles. The van der Waals surface area contributed by atoms with Crippen LogP contribution in [0.2, 0.25) is 0 Å². The van der Waals surface area contributed by atoms with Gasteiger partial charge in [0, 0.05) is 20.1 Å². The molecule has 0 amide bonds. The number of hydrogen-bond donors (Lipinski definition) is 1. The number of carbonyl (C=O) groups is 1. The molecule has 1 N–H and O–H groups in total. The first-order valence-electron chi connectivity index (χ1n) is 7.27. The molecule has 1 aliphatic rings. The van der Waals surface area contributed by atoms with E-state index in [4.69, 9.17) is 5.11 Å². The molecule has 0 aromatic carbocycles. The van der Waals surface area contributed by atoms with Crippen molar-refractivity contribution >= 4 is 23.7 Å². The van der Waals surface area contributed by atoms with Crippen molar-refractivity contribution in [3.05, 3.63) is 0 Å². The van der Waals surface area contributed by atoms with Crippen LogP contribution in [-0.2, 0) is 11.8 Å². The van der Waals surface area contributed by atoms with Crippen molar-refractivity contribution in [3.63, 3.8) is 0 Å². The number of aliphatic carboxylic acids is 1. The number of aromatic nitrogens is 3. The van der Waals surface area contributed by atoms with Crippen molar-refractivity contribution in [2.45, 2.75) is 50.7 Å². The SMILES string of the molecule is CN(c1nnc(SCC(=O)O)n1C)C1CCC(C)(C)CC1. The Bertz CT molecular complexity index is 505. The molecule has 1 fully saturated rings. The smallest absolute Gasteiger partial charge is 0.313 e. The van der Waals surface area contributed by atoms with Gasteiger partial charge < -0.3 is 10.0 Å². The molecule has 1 aromatic heterocycles. The molecule has 0 atom stereocenters. The number of rotatable bonds is 5. The maximum Gasteiger partial charge on any atom is 0.313 e. The lowest BCUT2D eigenvalue weighted by Gasteiger charge is -2.38. The van der Waals surface area contributed by atoms with Crippen LogP contribution < -0.4 is 4.90 Å². The standard InChI is InChI=1S/C14H24N4O2S/c1-14(2)7-5-10(6-8-14)17(3)12-15-16-13(18(12)4)21-9-11(19)20/h10H,5-9H2,1-4H3,(H,19,20). The Labute approximate surface area is 129 Å². The Balaban J connectivity index is 2.03. The summed E-state index contributed by atoms with van der Waals surface area (Å²) in [6, 6.07) is 0.484. The summed E-state index contributed by atoms with van der Waals surface area (Å²) in [6.07, 6.45) is 4.77. The van der Waals surface area contributed by atoms with Crippen LogP contribution in [0.4, 0.5) is 5.95 Å². The van der Waals surface area contributed by atoms with Crippen molar-refractivity contribution < 1.29 is 9.90 Å². The van der Waals surface area contributed by atoms with Crippen LogP contribution in [0.15, 0.2) is 5.16 Å². The zero-order valence-electron chi connectivity index (χ0n) is 13.2. The average Bonchev–Trinajstić information content (AvgIpc) is 2.77. The van der Waals surface area contributed by atoms with Gasteiger partial charge in [-0.3, -0.25) is 9.36 Å². The van der Waals surface area contributed by atoms with Gasteiger partial charge in [-0.15, -0.1) is 10.2 Å². The molecule has 21 heavy (non-hydrogen) atoms. The average molecular weight is 312 g/mol. The predicted octanol–water partition coefficient (Wildman–Crippen LogP) is 2.40. The highest BCUT2D eigenvalue weighted by molar-refractivity contribution is 7.99. The number of hydrogen-bond acceptors (Lipinski definition) is 5. The molecule has 0 unspecified atom stereocenters. The van der Waals surface area contributed by atoms with E-state index in [1.54, 1.807) is 0 Å². The van der Waals surface area contributed by atoms with Crippen molar-refractivity contribution in [2.24, 2.45) is 12.5 Å². The first kappa shape index (κ1) is 16.1. The lowest BCUT2D eigenvalue weighted by Crippen LogP contribution is -2.38. The molecule has 118 valence electrons. The predicted molar refractivity (Wildman–Crippen MR) is 83.8 cm³/mol. The van der Waals surface area contributed by atoms with Crippen molar-refractivity contribution in [1.82, 2.24) is 14.8 Å². The van der Waals surface area contributed by atoms with E-state index in [1.165, 1.54) is 24.6 Å². The quantitative estimate of drug-likeness (QED) is 0.842. The first-order valence-corrected chi connectivity index (χ1v) is 8.25. The van der Waals surface area contributed by atoms with E-state index < -0.39 is 5.97 Å². The van der Waals surface area contributed by atoms with E-state index in [1.807, 2.05) is 11.6 Å². The van der Waals surface area contributed by atoms with Crippen LogP contribution in [0.25, 0.3) is 0 Å². The Kier molecular flexibility index (Phi) is 4.81. The van der Waals surface area contributed by atoms with E-state index in [2.05, 4.69) is 36.0 Å². The van der Waals surface area contributed by atoms with E-state index in [0.29, 0.717) is 16.6 Å². The largest absolute Gasteiger partial charge is 0.481 e. The lowest BCUT2D eigenvalue weighted by atomic mass is 9.75. The van der Waals surface area contributed by atoms with Gasteiger partial charge in [-0.05, 0) is 31.1 Å². The summed E-state index contributed by atoms with van der Waals surface area (Å²) in [4.78, 5) is 12.8. The molecule has 0 radical (unpaired) electrons. The number of carboxylic acids is 1. The third-order valence-corrected chi connectivity index (χ3v) is 5.31. The van der Waals surface area contributed by atoms with Gasteiger partial charge in [0.25, 0.3) is 0 Å². The highest BCUT2D eigenvalue weighted by atomic mass is 32.2. The Hall–Kier alpha value is -1.24. The summed E-state index contributed by atoms with van der Waals surface area (Å²) >= 11 is 1.20. The molecule has 1 saturated carbocycles. The van der Waals surface area contributed by atoms with E-state index in [0.717, 1.165) is 18.8 Å². The van der Waals surface area contributed by atoms with Crippen LogP contribution in [-0.4, -0.2) is 44.7 Å². The van der Waals surface area contributed by atoms with Crippen LogP contribution in [0.1, 0.15) is 39.5 Å². The Morgan fingerprint density at radius 3 is 2.62 bits per heavy atom. The second-order valence-corrected chi connectivity index (χ2v) is 7.47. The second kappa shape index (κ2) is 6.25. The third kappa shape index (κ3) is 3.90. The molecular weight excluding hydrogens is 288 g/mol. The Morgan fingerprint density at radius 1 is 1.43 bits per heavy atom. The monoisotopic (exact) mass is 312 g/mol. The minimum atomic E-state index is -0.840. The fourth-order valence-electron chi connectivity index (χ4n) is 2.80. The molecular formula is C14H24N4O2S. The molecule has 0 aliphatic heterocycles. The summed E-state index contributed by atoms with van der Waals surface area (Å²) in [7, 11) is 3.95. The summed E-state index contributed by atoms with van der Waals surface area (Å²) in [5, 5.41) is 17.7. The van der Waals surface area contributed by atoms with Gasteiger partial charge in [0.05, 0.1) is 5.75 Å². The fraction of sp³-hybridized carbons (Fsp3) is 0.786. The van der Waals surface area contributed by atoms with E-state index in [9.17, 15) is 4.79 Å². The van der Waals surface area contributed by atoms with Gasteiger partial charge in [-0.25, -0.2) is 0 Å². The number of anilines is 1. The third-order valence-electron chi connectivity index (χ3n) is 4.31. The maximum absolute atomic E-state index is 10.6. The van der Waals surface area contributed by atoms with Crippen LogP contribution in [0.3, 0.4) is 0 Å². The van der Waals surface area contributed by atoms with Crippen LogP contribution >= 0.6 is 11.8 Å². The van der Waals surface area contributed by atoms with Crippen molar-refractivity contribution in [1.29, 1.82) is 0 Å². The molecule has 6 nitrogen and oxygen atoms in total. The zero-order valence-corrected chi connectivity index (χ0v) is 14.0. The summed E-state index contributed by atoms with van der Waals surface area (Å²) < 4.78 is 1.88. The van der Waals surface area contributed by atoms with E-state index in [-0.39, 0.29) is 5.75 Å². The summed E-state index contributed by atoms with van der Waals surface area (Å²) in [5.41, 5.74) is 0.444. The number of thioether (sulfide) groups is 1. The highest BCUT2D eigenvalue weighted by Gasteiger charge is 2.30. The second-order valence-electron chi connectivity index (χ2n) is 6.53. The molecule has 1 aromatic rings. The summed E-state index contributed by atoms with van der Waals surface area (Å²) in [6.45, 7) is 4.65. The zero-order chi connectivity index (χ0) is 15.6. The van der Waals surface area contributed by atoms with Crippen molar-refractivity contribution in [3.8, 4) is 0 Å². The van der Waals surface area contributed by atoms with Gasteiger partial charge in [-0.1, -0.05) is 25.6 Å². The summed E-state index contributed by atoms with van der Waals surface area (Å²) in [5.74, 6) is -0.0205. The number of nitrogens with zero attached hydrogens (tertiary/aromatic N) is 4.